The number of hydrogen-bond acceptors (Lipinski definition) is 5. The highest BCUT2D eigenvalue weighted by atomic mass is 32.2. The fourth-order valence-corrected chi connectivity index (χ4v) is 3.27. The van der Waals surface area contributed by atoms with Crippen LogP contribution in [0.5, 0.6) is 0 Å². The van der Waals surface area contributed by atoms with Gasteiger partial charge in [0.15, 0.2) is 9.84 Å². The number of rotatable bonds is 5. The van der Waals surface area contributed by atoms with Crippen molar-refractivity contribution >= 4 is 15.5 Å². The van der Waals surface area contributed by atoms with Crippen LogP contribution >= 0.6 is 0 Å². The molecule has 0 radical (unpaired) electrons. The molecule has 0 fully saturated rings. The third-order valence-corrected chi connectivity index (χ3v) is 4.48. The number of hydrogen-bond donors (Lipinski definition) is 1. The van der Waals surface area contributed by atoms with Crippen LogP contribution in [-0.4, -0.2) is 23.2 Å². The maximum Gasteiger partial charge on any atom is 0.188 e. The summed E-state index contributed by atoms with van der Waals surface area (Å²) in [6.45, 7) is 4.52. The molecule has 0 amide bonds. The minimum Gasteiger partial charge on any atom is -0.399 e. The number of sulfone groups is 1. The highest BCUT2D eigenvalue weighted by Crippen LogP contribution is 2.21. The second kappa shape index (κ2) is 5.80. The zero-order chi connectivity index (χ0) is 15.6. The molecule has 0 aliphatic heterocycles. The minimum atomic E-state index is -3.84. The molecule has 1 aromatic carbocycles. The summed E-state index contributed by atoms with van der Waals surface area (Å²) in [6.07, 6.45) is 1.30. The molecular weight excluding hydrogens is 295 g/mol. The van der Waals surface area contributed by atoms with E-state index in [1.54, 1.807) is 0 Å². The standard InChI is InChI=1S/C13H17FN4O2S/c1-9(2)6-18-13(16-8-17-18)7-21(19,20)12-4-3-10(15)5-11(12)14/h3-5,8-9H,6-7,15H2,1-2H3. The van der Waals surface area contributed by atoms with Crippen LogP contribution in [0.25, 0.3) is 0 Å². The first kappa shape index (κ1) is 15.4. The summed E-state index contributed by atoms with van der Waals surface area (Å²) in [5.74, 6) is -0.674. The number of nitrogen functional groups attached to an aromatic ring is 1. The molecule has 0 saturated carbocycles. The number of anilines is 1. The Morgan fingerprint density at radius 3 is 2.71 bits per heavy atom. The van der Waals surface area contributed by atoms with Gasteiger partial charge in [0.25, 0.3) is 0 Å². The van der Waals surface area contributed by atoms with Gasteiger partial charge in [-0.2, -0.15) is 5.10 Å². The molecule has 1 aromatic heterocycles. The van der Waals surface area contributed by atoms with Crippen LogP contribution in [0.2, 0.25) is 0 Å². The molecule has 0 aliphatic rings. The van der Waals surface area contributed by atoms with Gasteiger partial charge in [0.05, 0.1) is 0 Å². The summed E-state index contributed by atoms with van der Waals surface area (Å²) in [7, 11) is -3.84. The van der Waals surface area contributed by atoms with Gasteiger partial charge in [0, 0.05) is 12.2 Å². The van der Waals surface area contributed by atoms with Crippen molar-refractivity contribution in [2.45, 2.75) is 31.0 Å². The third-order valence-electron chi connectivity index (χ3n) is 2.84. The number of nitrogens with zero attached hydrogens (tertiary/aromatic N) is 3. The van der Waals surface area contributed by atoms with Crippen molar-refractivity contribution in [1.29, 1.82) is 0 Å². The summed E-state index contributed by atoms with van der Waals surface area (Å²) in [5.41, 5.74) is 5.60. The van der Waals surface area contributed by atoms with Gasteiger partial charge in [-0.05, 0) is 24.1 Å². The first-order valence-electron chi connectivity index (χ1n) is 6.44. The monoisotopic (exact) mass is 312 g/mol. The molecule has 1 heterocycles. The van der Waals surface area contributed by atoms with E-state index in [0.717, 1.165) is 6.07 Å². The summed E-state index contributed by atoms with van der Waals surface area (Å²) < 4.78 is 39.9. The molecule has 0 atom stereocenters. The fourth-order valence-electron chi connectivity index (χ4n) is 1.92. The van der Waals surface area contributed by atoms with E-state index in [1.807, 2.05) is 13.8 Å². The van der Waals surface area contributed by atoms with Gasteiger partial charge in [-0.3, -0.25) is 0 Å². The van der Waals surface area contributed by atoms with E-state index in [0.29, 0.717) is 18.3 Å². The number of benzene rings is 1. The van der Waals surface area contributed by atoms with Crippen molar-refractivity contribution in [3.8, 4) is 0 Å². The predicted octanol–water partition coefficient (Wildman–Crippen LogP) is 1.63. The van der Waals surface area contributed by atoms with Crippen LogP contribution in [0.4, 0.5) is 10.1 Å². The van der Waals surface area contributed by atoms with Crippen LogP contribution in [-0.2, 0) is 22.1 Å². The van der Waals surface area contributed by atoms with Gasteiger partial charge in [-0.15, -0.1) is 0 Å². The minimum absolute atomic E-state index is 0.175. The summed E-state index contributed by atoms with van der Waals surface area (Å²) in [4.78, 5) is 3.57. The number of aromatic nitrogens is 3. The van der Waals surface area contributed by atoms with E-state index >= 15 is 0 Å². The molecule has 0 spiro atoms. The second-order valence-corrected chi connectivity index (χ2v) is 7.16. The first-order chi connectivity index (χ1) is 9.79. The normalized spacial score (nSPS) is 12.0. The van der Waals surface area contributed by atoms with Gasteiger partial charge in [0.1, 0.15) is 28.6 Å². The SMILES string of the molecule is CC(C)Cn1ncnc1CS(=O)(=O)c1ccc(N)cc1F. The predicted molar refractivity (Wildman–Crippen MR) is 76.6 cm³/mol. The van der Waals surface area contributed by atoms with Gasteiger partial charge in [-0.25, -0.2) is 22.5 Å². The molecule has 2 N–H and O–H groups in total. The van der Waals surface area contributed by atoms with Crippen molar-refractivity contribution in [2.24, 2.45) is 5.92 Å². The zero-order valence-electron chi connectivity index (χ0n) is 11.8. The Kier molecular flexibility index (Phi) is 4.26. The van der Waals surface area contributed by atoms with Gasteiger partial charge in [0.2, 0.25) is 0 Å². The zero-order valence-corrected chi connectivity index (χ0v) is 12.6. The maximum absolute atomic E-state index is 13.8. The summed E-state index contributed by atoms with van der Waals surface area (Å²) in [6, 6.07) is 3.52. The summed E-state index contributed by atoms with van der Waals surface area (Å²) in [5, 5.41) is 4.00. The Labute approximate surface area is 122 Å². The Morgan fingerprint density at radius 2 is 2.10 bits per heavy atom. The lowest BCUT2D eigenvalue weighted by molar-refractivity contribution is 0.469. The van der Waals surface area contributed by atoms with Crippen molar-refractivity contribution in [3.63, 3.8) is 0 Å². The molecule has 2 aromatic rings. The lowest BCUT2D eigenvalue weighted by Crippen LogP contribution is -2.15. The smallest absolute Gasteiger partial charge is 0.188 e. The molecule has 0 unspecified atom stereocenters. The fraction of sp³-hybridized carbons (Fsp3) is 0.385. The average molecular weight is 312 g/mol. The van der Waals surface area contributed by atoms with Crippen LogP contribution in [0.1, 0.15) is 19.7 Å². The third kappa shape index (κ3) is 3.57. The van der Waals surface area contributed by atoms with Crippen LogP contribution < -0.4 is 5.73 Å². The molecule has 0 aliphatic carbocycles. The molecule has 114 valence electrons. The van der Waals surface area contributed by atoms with E-state index in [-0.39, 0.29) is 10.6 Å². The van der Waals surface area contributed by atoms with Crippen LogP contribution in [0.3, 0.4) is 0 Å². The van der Waals surface area contributed by atoms with Gasteiger partial charge >= 0.3 is 0 Å². The highest BCUT2D eigenvalue weighted by molar-refractivity contribution is 7.90. The number of nitrogens with two attached hydrogens (primary N) is 1. The Hall–Kier alpha value is -1.96. The van der Waals surface area contributed by atoms with E-state index < -0.39 is 21.4 Å². The van der Waals surface area contributed by atoms with Crippen molar-refractivity contribution in [1.82, 2.24) is 14.8 Å². The van der Waals surface area contributed by atoms with E-state index in [2.05, 4.69) is 10.1 Å². The highest BCUT2D eigenvalue weighted by Gasteiger charge is 2.23. The average Bonchev–Trinajstić information content (AvgIpc) is 2.74. The van der Waals surface area contributed by atoms with E-state index in [1.165, 1.54) is 23.1 Å². The van der Waals surface area contributed by atoms with Gasteiger partial charge < -0.3 is 5.73 Å². The topological polar surface area (TPSA) is 90.9 Å². The van der Waals surface area contributed by atoms with Crippen LogP contribution in [0.15, 0.2) is 29.4 Å². The van der Waals surface area contributed by atoms with Crippen molar-refractivity contribution < 1.29 is 12.8 Å². The quantitative estimate of drug-likeness (QED) is 0.847. The largest absolute Gasteiger partial charge is 0.399 e. The van der Waals surface area contributed by atoms with Crippen LogP contribution in [0, 0.1) is 11.7 Å². The Bertz CT molecular complexity index is 740. The van der Waals surface area contributed by atoms with Gasteiger partial charge in [-0.1, -0.05) is 13.8 Å². The molecule has 21 heavy (non-hydrogen) atoms. The summed E-state index contributed by atoms with van der Waals surface area (Å²) >= 11 is 0. The maximum atomic E-state index is 13.8. The number of halogens is 1. The second-order valence-electron chi connectivity index (χ2n) is 5.20. The van der Waals surface area contributed by atoms with E-state index in [9.17, 15) is 12.8 Å². The van der Waals surface area contributed by atoms with Crippen molar-refractivity contribution in [3.05, 3.63) is 36.2 Å². The lowest BCUT2D eigenvalue weighted by atomic mass is 10.2. The lowest BCUT2D eigenvalue weighted by Gasteiger charge is -2.09. The first-order valence-corrected chi connectivity index (χ1v) is 8.09. The molecule has 0 bridgehead atoms. The van der Waals surface area contributed by atoms with Crippen molar-refractivity contribution in [2.75, 3.05) is 5.73 Å². The Balaban J connectivity index is 2.32. The van der Waals surface area contributed by atoms with E-state index in [4.69, 9.17) is 5.73 Å². The molecule has 0 saturated heterocycles. The molecule has 2 rings (SSSR count). The Morgan fingerprint density at radius 1 is 1.38 bits per heavy atom. The molecular formula is C13H17FN4O2S. The molecule has 6 nitrogen and oxygen atoms in total. The molecule has 8 heteroatoms.